The Balaban J connectivity index is 2.16. The molecule has 3 rings (SSSR count). The number of hydrogen-bond acceptors (Lipinski definition) is 5. The molecule has 0 atom stereocenters. The normalized spacial score (nSPS) is 10.7. The second-order valence-corrected chi connectivity index (χ2v) is 5.06. The molecular formula is C13H8FN5OS. The zero-order chi connectivity index (χ0) is 14.8. The molecule has 2 heterocycles. The lowest BCUT2D eigenvalue weighted by atomic mass is 10.1. The van der Waals surface area contributed by atoms with Crippen molar-refractivity contribution in [2.75, 3.05) is 5.75 Å². The van der Waals surface area contributed by atoms with Crippen LogP contribution in [0, 0.1) is 17.1 Å². The minimum atomic E-state index is -0.436. The molecule has 0 unspecified atom stereocenters. The van der Waals surface area contributed by atoms with E-state index in [9.17, 15) is 9.18 Å². The molecule has 0 radical (unpaired) electrons. The quantitative estimate of drug-likeness (QED) is 0.746. The van der Waals surface area contributed by atoms with Gasteiger partial charge in [0.25, 0.3) is 0 Å². The smallest absolute Gasteiger partial charge is 0.285 e. The van der Waals surface area contributed by atoms with Gasteiger partial charge in [0.1, 0.15) is 5.82 Å². The molecule has 0 amide bonds. The lowest BCUT2D eigenvalue weighted by Crippen LogP contribution is -2.19. The highest BCUT2D eigenvalue weighted by Crippen LogP contribution is 2.23. The van der Waals surface area contributed by atoms with Gasteiger partial charge in [0.2, 0.25) is 0 Å². The van der Waals surface area contributed by atoms with Crippen LogP contribution in [0.25, 0.3) is 16.8 Å². The predicted octanol–water partition coefficient (Wildman–Crippen LogP) is 1.84. The second kappa shape index (κ2) is 5.38. The van der Waals surface area contributed by atoms with Crippen LogP contribution in [0.1, 0.15) is 0 Å². The van der Waals surface area contributed by atoms with E-state index in [-0.39, 0.29) is 11.6 Å². The van der Waals surface area contributed by atoms with Crippen molar-refractivity contribution in [2.45, 2.75) is 5.16 Å². The number of nitrogens with one attached hydrogen (secondary N) is 1. The van der Waals surface area contributed by atoms with Crippen LogP contribution in [0.15, 0.2) is 40.4 Å². The molecule has 0 saturated carbocycles. The summed E-state index contributed by atoms with van der Waals surface area (Å²) in [5.74, 6) is -0.162. The number of thioether (sulfide) groups is 1. The van der Waals surface area contributed by atoms with Crippen LogP contribution in [-0.2, 0) is 0 Å². The molecule has 6 nitrogen and oxygen atoms in total. The number of H-pyrrole nitrogens is 1. The summed E-state index contributed by atoms with van der Waals surface area (Å²) < 4.78 is 14.1. The third kappa shape index (κ3) is 2.51. The Hall–Kier alpha value is -2.66. The Morgan fingerprint density at radius 3 is 2.86 bits per heavy atom. The number of halogens is 1. The molecule has 8 heteroatoms. The molecule has 0 aliphatic heterocycles. The zero-order valence-electron chi connectivity index (χ0n) is 10.6. The fourth-order valence-electron chi connectivity index (χ4n) is 1.87. The highest BCUT2D eigenvalue weighted by atomic mass is 32.2. The summed E-state index contributed by atoms with van der Waals surface area (Å²) in [7, 11) is 0. The Morgan fingerprint density at radius 1 is 1.38 bits per heavy atom. The lowest BCUT2D eigenvalue weighted by molar-refractivity contribution is 0.628. The number of fused-ring (bicyclic) bond motifs is 1. The van der Waals surface area contributed by atoms with E-state index in [0.717, 1.165) is 16.3 Å². The Bertz CT molecular complexity index is 894. The maximum absolute atomic E-state index is 13.0. The van der Waals surface area contributed by atoms with Gasteiger partial charge in [0.15, 0.2) is 10.8 Å². The average molecular weight is 301 g/mol. The summed E-state index contributed by atoms with van der Waals surface area (Å²) >= 11 is 1.13. The molecule has 104 valence electrons. The van der Waals surface area contributed by atoms with Gasteiger partial charge in [-0.05, 0) is 17.7 Å². The van der Waals surface area contributed by atoms with Crippen LogP contribution < -0.4 is 5.69 Å². The molecule has 1 N–H and O–H groups in total. The first-order chi connectivity index (χ1) is 10.2. The number of nitriles is 1. The molecule has 0 bridgehead atoms. The summed E-state index contributed by atoms with van der Waals surface area (Å²) in [4.78, 5) is 18.8. The summed E-state index contributed by atoms with van der Waals surface area (Å²) in [5.41, 5.74) is 1.26. The van der Waals surface area contributed by atoms with Gasteiger partial charge >= 0.3 is 5.69 Å². The summed E-state index contributed by atoms with van der Waals surface area (Å²) in [6.45, 7) is 0. The first kappa shape index (κ1) is 13.3. The van der Waals surface area contributed by atoms with E-state index in [4.69, 9.17) is 5.26 Å². The highest BCUT2D eigenvalue weighted by molar-refractivity contribution is 7.99. The van der Waals surface area contributed by atoms with Gasteiger partial charge in [-0.1, -0.05) is 23.9 Å². The standard InChI is InChI=1S/C13H8FN5OS/c14-9-3-1-8(2-4-9)10-7-16-19-11(10)17-12(18-13(19)20)21-6-5-15/h1-4,7H,6H2,(H,17,18,20). The highest BCUT2D eigenvalue weighted by Gasteiger charge is 2.12. The van der Waals surface area contributed by atoms with Crippen LogP contribution in [0.4, 0.5) is 4.39 Å². The largest absolute Gasteiger partial charge is 0.350 e. The van der Waals surface area contributed by atoms with Gasteiger partial charge in [-0.25, -0.2) is 14.2 Å². The topological polar surface area (TPSA) is 86.8 Å². The van der Waals surface area contributed by atoms with Crippen molar-refractivity contribution < 1.29 is 4.39 Å². The van der Waals surface area contributed by atoms with Gasteiger partial charge in [-0.15, -0.1) is 0 Å². The first-order valence-corrected chi connectivity index (χ1v) is 6.91. The molecule has 0 aliphatic rings. The summed E-state index contributed by atoms with van der Waals surface area (Å²) in [6.07, 6.45) is 1.50. The number of aromatic nitrogens is 4. The lowest BCUT2D eigenvalue weighted by Gasteiger charge is -2.01. The summed E-state index contributed by atoms with van der Waals surface area (Å²) in [5, 5.41) is 12.9. The van der Waals surface area contributed by atoms with E-state index >= 15 is 0 Å². The molecule has 1 aromatic carbocycles. The summed E-state index contributed by atoms with van der Waals surface area (Å²) in [6, 6.07) is 7.82. The van der Waals surface area contributed by atoms with E-state index in [1.54, 1.807) is 12.1 Å². The Morgan fingerprint density at radius 2 is 2.14 bits per heavy atom. The third-order valence-corrected chi connectivity index (χ3v) is 3.53. The van der Waals surface area contributed by atoms with Crippen molar-refractivity contribution in [3.8, 4) is 17.2 Å². The monoisotopic (exact) mass is 301 g/mol. The SMILES string of the molecule is N#CCSc1nc2c(-c3ccc(F)cc3)cnn2c(=O)[nH]1. The number of rotatable bonds is 3. The van der Waals surface area contributed by atoms with E-state index < -0.39 is 5.69 Å². The number of hydrogen-bond donors (Lipinski definition) is 1. The van der Waals surface area contributed by atoms with Crippen LogP contribution >= 0.6 is 11.8 Å². The molecule has 2 aromatic heterocycles. The van der Waals surface area contributed by atoms with Crippen LogP contribution in [0.5, 0.6) is 0 Å². The first-order valence-electron chi connectivity index (χ1n) is 5.93. The van der Waals surface area contributed by atoms with Crippen LogP contribution in [0.2, 0.25) is 0 Å². The number of nitrogens with zero attached hydrogens (tertiary/aromatic N) is 4. The van der Waals surface area contributed by atoms with Crippen LogP contribution in [-0.4, -0.2) is 25.3 Å². The minimum Gasteiger partial charge on any atom is -0.285 e. The number of aromatic amines is 1. The molecule has 0 fully saturated rings. The van der Waals surface area contributed by atoms with Crippen molar-refractivity contribution in [3.05, 3.63) is 46.8 Å². The molecular weight excluding hydrogens is 293 g/mol. The zero-order valence-corrected chi connectivity index (χ0v) is 11.4. The van der Waals surface area contributed by atoms with E-state index in [1.165, 1.54) is 18.3 Å². The third-order valence-electron chi connectivity index (χ3n) is 2.79. The molecule has 0 aliphatic carbocycles. The van der Waals surface area contributed by atoms with Crippen molar-refractivity contribution in [1.29, 1.82) is 5.26 Å². The van der Waals surface area contributed by atoms with E-state index in [1.807, 2.05) is 6.07 Å². The maximum Gasteiger partial charge on any atom is 0.350 e. The number of benzene rings is 1. The van der Waals surface area contributed by atoms with E-state index in [0.29, 0.717) is 21.9 Å². The van der Waals surface area contributed by atoms with Crippen molar-refractivity contribution in [3.63, 3.8) is 0 Å². The fraction of sp³-hybridized carbons (Fsp3) is 0.0769. The molecule has 21 heavy (non-hydrogen) atoms. The Kier molecular flexibility index (Phi) is 3.41. The molecule has 0 saturated heterocycles. The van der Waals surface area contributed by atoms with Crippen molar-refractivity contribution >= 4 is 17.4 Å². The second-order valence-electron chi connectivity index (χ2n) is 4.09. The van der Waals surface area contributed by atoms with Crippen molar-refractivity contribution in [1.82, 2.24) is 19.6 Å². The fourth-order valence-corrected chi connectivity index (χ4v) is 2.38. The van der Waals surface area contributed by atoms with Crippen molar-refractivity contribution in [2.24, 2.45) is 0 Å². The van der Waals surface area contributed by atoms with Gasteiger partial charge in [-0.3, -0.25) is 4.98 Å². The molecule has 3 aromatic rings. The maximum atomic E-state index is 13.0. The van der Waals surface area contributed by atoms with Gasteiger partial charge in [0, 0.05) is 5.56 Å². The average Bonchev–Trinajstić information content (AvgIpc) is 2.90. The van der Waals surface area contributed by atoms with Crippen LogP contribution in [0.3, 0.4) is 0 Å². The van der Waals surface area contributed by atoms with Gasteiger partial charge in [0.05, 0.1) is 18.0 Å². The van der Waals surface area contributed by atoms with E-state index in [2.05, 4.69) is 15.1 Å². The predicted molar refractivity (Wildman–Crippen MR) is 75.3 cm³/mol. The Labute approximate surface area is 122 Å². The van der Waals surface area contributed by atoms with Gasteiger partial charge < -0.3 is 0 Å². The minimum absolute atomic E-state index is 0.180. The van der Waals surface area contributed by atoms with Gasteiger partial charge in [-0.2, -0.15) is 14.9 Å². The molecule has 0 spiro atoms.